The average molecular weight is 284 g/mol. The van der Waals surface area contributed by atoms with Gasteiger partial charge in [-0.05, 0) is 24.0 Å². The maximum absolute atomic E-state index is 10.9. The smallest absolute Gasteiger partial charge is 0.289 e. The number of hydrogen-bond acceptors (Lipinski definition) is 1. The number of rotatable bonds is 5. The highest BCUT2D eigenvalue weighted by Crippen LogP contribution is 2.08. The average Bonchev–Trinajstić information content (AvgIpc) is 2.28. The molecule has 0 aliphatic rings. The molecule has 0 saturated heterocycles. The molecule has 0 spiro atoms. The number of amides is 1. The zero-order chi connectivity index (χ0) is 12.0. The molecule has 1 aromatic rings. The summed E-state index contributed by atoms with van der Waals surface area (Å²) in [4.78, 5) is 12.6. The Bertz CT molecular complexity index is 334. The van der Waals surface area contributed by atoms with Crippen molar-refractivity contribution in [2.45, 2.75) is 26.2 Å². The number of aryl methyl sites for hydroxylation is 1. The van der Waals surface area contributed by atoms with Crippen LogP contribution in [0.2, 0.25) is 0 Å². The maximum atomic E-state index is 10.9. The molecule has 2 nitrogen and oxygen atoms in total. The fourth-order valence-electron chi connectivity index (χ4n) is 1.55. The quantitative estimate of drug-likeness (QED) is 0.597. The molecule has 0 saturated carbocycles. The molecule has 1 rings (SSSR count). The molecular formula is C13H18BrNO. The molecule has 0 bridgehead atoms. The molecule has 0 radical (unpaired) electrons. The van der Waals surface area contributed by atoms with Crippen molar-refractivity contribution in [3.63, 3.8) is 0 Å². The minimum Gasteiger partial charge on any atom is -0.336 e. The van der Waals surface area contributed by atoms with Crippen LogP contribution in [-0.2, 0) is 12.8 Å². The van der Waals surface area contributed by atoms with Crippen LogP contribution in [0.1, 0.15) is 24.5 Å². The monoisotopic (exact) mass is 283 g/mol. The van der Waals surface area contributed by atoms with Gasteiger partial charge in [0.05, 0.1) is 0 Å². The molecule has 1 aromatic carbocycles. The van der Waals surface area contributed by atoms with E-state index in [0.29, 0.717) is 0 Å². The fraction of sp³-hybridized carbons (Fsp3) is 0.462. The summed E-state index contributed by atoms with van der Waals surface area (Å²) in [6, 6.07) is 8.65. The van der Waals surface area contributed by atoms with Crippen LogP contribution >= 0.6 is 15.9 Å². The van der Waals surface area contributed by atoms with Crippen molar-refractivity contribution in [1.82, 2.24) is 4.90 Å². The first kappa shape index (κ1) is 13.2. The van der Waals surface area contributed by atoms with E-state index >= 15 is 0 Å². The van der Waals surface area contributed by atoms with Crippen LogP contribution in [0.15, 0.2) is 24.3 Å². The summed E-state index contributed by atoms with van der Waals surface area (Å²) in [6.45, 7) is 2.93. The van der Waals surface area contributed by atoms with Gasteiger partial charge in [-0.15, -0.1) is 0 Å². The Hall–Kier alpha value is -0.830. The normalized spacial score (nSPS) is 10.2. The van der Waals surface area contributed by atoms with E-state index < -0.39 is 0 Å². The minimum atomic E-state index is -0.0601. The first-order valence-electron chi connectivity index (χ1n) is 5.62. The predicted octanol–water partition coefficient (Wildman–Crippen LogP) is 3.63. The van der Waals surface area contributed by atoms with Gasteiger partial charge >= 0.3 is 0 Å². The Morgan fingerprint density at radius 1 is 1.19 bits per heavy atom. The molecule has 0 aromatic heterocycles. The van der Waals surface area contributed by atoms with Crippen molar-refractivity contribution in [1.29, 1.82) is 0 Å². The lowest BCUT2D eigenvalue weighted by Crippen LogP contribution is -2.23. The van der Waals surface area contributed by atoms with Gasteiger partial charge in [0.15, 0.2) is 0 Å². The molecule has 0 N–H and O–H groups in total. The Morgan fingerprint density at radius 2 is 1.69 bits per heavy atom. The lowest BCUT2D eigenvalue weighted by molar-refractivity contribution is 0.235. The summed E-state index contributed by atoms with van der Waals surface area (Å²) in [5, 5.41) is 0. The summed E-state index contributed by atoms with van der Waals surface area (Å²) < 4.78 is 0. The lowest BCUT2D eigenvalue weighted by Gasteiger charge is -2.13. The summed E-state index contributed by atoms with van der Waals surface area (Å²) in [5.41, 5.74) is 2.66. The molecule has 0 aliphatic carbocycles. The van der Waals surface area contributed by atoms with Crippen LogP contribution < -0.4 is 0 Å². The summed E-state index contributed by atoms with van der Waals surface area (Å²) in [7, 11) is 1.79. The highest BCUT2D eigenvalue weighted by molar-refractivity contribution is 9.18. The van der Waals surface area contributed by atoms with E-state index in [0.717, 1.165) is 19.4 Å². The van der Waals surface area contributed by atoms with E-state index in [2.05, 4.69) is 47.1 Å². The summed E-state index contributed by atoms with van der Waals surface area (Å²) >= 11 is 2.93. The van der Waals surface area contributed by atoms with Crippen molar-refractivity contribution < 1.29 is 4.79 Å². The molecule has 16 heavy (non-hydrogen) atoms. The van der Waals surface area contributed by atoms with Gasteiger partial charge < -0.3 is 4.90 Å². The lowest BCUT2D eigenvalue weighted by atomic mass is 10.1. The zero-order valence-corrected chi connectivity index (χ0v) is 11.5. The van der Waals surface area contributed by atoms with Gasteiger partial charge in [-0.2, -0.15) is 0 Å². The molecule has 3 heteroatoms. The third kappa shape index (κ3) is 4.35. The Balaban J connectivity index is 2.46. The van der Waals surface area contributed by atoms with E-state index in [1.807, 2.05) is 0 Å². The number of likely N-dealkylation sites (N-methyl/N-ethyl adjacent to an activating group) is 1. The second kappa shape index (κ2) is 6.69. The molecule has 0 heterocycles. The van der Waals surface area contributed by atoms with Crippen LogP contribution in [0.25, 0.3) is 0 Å². The standard InChI is InChI=1S/C13H18BrNO/c1-3-4-11-5-7-12(8-6-11)9-10-15(2)13(14)16/h5-8H,3-4,9-10H2,1-2H3. The van der Waals surface area contributed by atoms with E-state index in [1.165, 1.54) is 17.5 Å². The Labute approximate surface area is 106 Å². The van der Waals surface area contributed by atoms with E-state index in [1.54, 1.807) is 11.9 Å². The van der Waals surface area contributed by atoms with Gasteiger partial charge in [-0.25, -0.2) is 0 Å². The molecule has 0 fully saturated rings. The molecule has 1 amide bonds. The number of carbonyl (C=O) groups is 1. The van der Waals surface area contributed by atoms with Crippen molar-refractivity contribution in [3.8, 4) is 0 Å². The first-order valence-corrected chi connectivity index (χ1v) is 6.41. The minimum absolute atomic E-state index is 0.0601. The van der Waals surface area contributed by atoms with Gasteiger partial charge in [0, 0.05) is 29.5 Å². The van der Waals surface area contributed by atoms with Crippen LogP contribution in [0.3, 0.4) is 0 Å². The van der Waals surface area contributed by atoms with Gasteiger partial charge in [-0.1, -0.05) is 37.6 Å². The largest absolute Gasteiger partial charge is 0.336 e. The predicted molar refractivity (Wildman–Crippen MR) is 71.1 cm³/mol. The molecule has 88 valence electrons. The highest BCUT2D eigenvalue weighted by Gasteiger charge is 2.03. The number of benzene rings is 1. The van der Waals surface area contributed by atoms with Crippen LogP contribution in [-0.4, -0.2) is 23.3 Å². The Kier molecular flexibility index (Phi) is 5.53. The second-order valence-corrected chi connectivity index (χ2v) is 4.67. The zero-order valence-electron chi connectivity index (χ0n) is 9.87. The van der Waals surface area contributed by atoms with Crippen LogP contribution in [0.5, 0.6) is 0 Å². The van der Waals surface area contributed by atoms with Gasteiger partial charge in [-0.3, -0.25) is 4.79 Å². The third-order valence-corrected chi connectivity index (χ3v) is 3.20. The van der Waals surface area contributed by atoms with Crippen molar-refractivity contribution >= 4 is 20.7 Å². The van der Waals surface area contributed by atoms with Gasteiger partial charge in [0.1, 0.15) is 0 Å². The highest BCUT2D eigenvalue weighted by atomic mass is 79.9. The van der Waals surface area contributed by atoms with Crippen LogP contribution in [0, 0.1) is 0 Å². The van der Waals surface area contributed by atoms with Gasteiger partial charge in [0.2, 0.25) is 0 Å². The molecule has 0 unspecified atom stereocenters. The van der Waals surface area contributed by atoms with Crippen molar-refractivity contribution in [2.24, 2.45) is 0 Å². The molecular weight excluding hydrogens is 266 g/mol. The summed E-state index contributed by atoms with van der Waals surface area (Å²) in [6.07, 6.45) is 3.22. The SMILES string of the molecule is CCCc1ccc(CCN(C)C(=O)Br)cc1. The summed E-state index contributed by atoms with van der Waals surface area (Å²) in [5.74, 6) is 0. The number of nitrogens with zero attached hydrogens (tertiary/aromatic N) is 1. The van der Waals surface area contributed by atoms with Crippen molar-refractivity contribution in [3.05, 3.63) is 35.4 Å². The van der Waals surface area contributed by atoms with E-state index in [4.69, 9.17) is 0 Å². The number of carbonyl (C=O) groups excluding carboxylic acids is 1. The van der Waals surface area contributed by atoms with Crippen LogP contribution in [0.4, 0.5) is 4.79 Å². The third-order valence-electron chi connectivity index (χ3n) is 2.60. The molecule has 0 atom stereocenters. The van der Waals surface area contributed by atoms with Crippen molar-refractivity contribution in [2.75, 3.05) is 13.6 Å². The van der Waals surface area contributed by atoms with E-state index in [9.17, 15) is 4.79 Å². The topological polar surface area (TPSA) is 20.3 Å². The fourth-order valence-corrected chi connectivity index (χ4v) is 1.72. The molecule has 0 aliphatic heterocycles. The second-order valence-electron chi connectivity index (χ2n) is 3.99. The number of hydrogen-bond donors (Lipinski definition) is 0. The number of halogens is 1. The first-order chi connectivity index (χ1) is 7.63. The Morgan fingerprint density at radius 3 is 2.12 bits per heavy atom. The maximum Gasteiger partial charge on any atom is 0.289 e. The van der Waals surface area contributed by atoms with E-state index in [-0.39, 0.29) is 4.82 Å². The van der Waals surface area contributed by atoms with Gasteiger partial charge in [0.25, 0.3) is 4.82 Å².